The highest BCUT2D eigenvalue weighted by Crippen LogP contribution is 2.22. The lowest BCUT2D eigenvalue weighted by Crippen LogP contribution is -2.07. The van der Waals surface area contributed by atoms with Crippen LogP contribution in [0, 0.1) is 0 Å². The Morgan fingerprint density at radius 1 is 1.55 bits per heavy atom. The molecule has 0 unspecified atom stereocenters. The molecule has 0 aliphatic carbocycles. The highest BCUT2D eigenvalue weighted by atomic mass is 79.9. The summed E-state index contributed by atoms with van der Waals surface area (Å²) in [6.45, 7) is 1.90. The fourth-order valence-corrected chi connectivity index (χ4v) is 2.11. The van der Waals surface area contributed by atoms with Crippen LogP contribution in [0.3, 0.4) is 0 Å². The third-order valence-electron chi connectivity index (χ3n) is 1.27. The van der Waals surface area contributed by atoms with Crippen molar-refractivity contribution in [2.75, 3.05) is 0 Å². The van der Waals surface area contributed by atoms with Gasteiger partial charge in [0.05, 0.1) is 5.69 Å². The molecular weight excluding hydrogens is 272 g/mol. The van der Waals surface area contributed by atoms with E-state index in [0.717, 1.165) is 14.6 Å². The molecule has 0 aliphatic heterocycles. The average molecular weight is 280 g/mol. The van der Waals surface area contributed by atoms with Crippen molar-refractivity contribution in [2.24, 2.45) is 5.73 Å². The van der Waals surface area contributed by atoms with Gasteiger partial charge in [-0.05, 0) is 44.8 Å². The molecule has 1 atom stereocenters. The van der Waals surface area contributed by atoms with Crippen LogP contribution >= 0.6 is 31.9 Å². The summed E-state index contributed by atoms with van der Waals surface area (Å²) in [5.74, 6) is 0. The summed E-state index contributed by atoms with van der Waals surface area (Å²) in [7, 11) is 0. The monoisotopic (exact) mass is 278 g/mol. The molecule has 1 rings (SSSR count). The number of rotatable bonds is 1. The van der Waals surface area contributed by atoms with Crippen LogP contribution in [0.4, 0.5) is 0 Å². The van der Waals surface area contributed by atoms with Gasteiger partial charge < -0.3 is 5.73 Å². The first kappa shape index (κ1) is 9.16. The van der Waals surface area contributed by atoms with Gasteiger partial charge in [0.1, 0.15) is 0 Å². The summed E-state index contributed by atoms with van der Waals surface area (Å²) >= 11 is 6.69. The van der Waals surface area contributed by atoms with Gasteiger partial charge in [0, 0.05) is 21.2 Å². The van der Waals surface area contributed by atoms with E-state index in [-0.39, 0.29) is 6.04 Å². The molecular formula is C7H8Br2N2. The maximum Gasteiger partial charge on any atom is 0.0710 e. The van der Waals surface area contributed by atoms with Crippen molar-refractivity contribution in [3.05, 3.63) is 26.9 Å². The Bertz CT molecular complexity index is 261. The fraction of sp³-hybridized carbons (Fsp3) is 0.286. The summed E-state index contributed by atoms with van der Waals surface area (Å²) < 4.78 is 1.90. The highest BCUT2D eigenvalue weighted by Gasteiger charge is 2.05. The molecule has 0 fully saturated rings. The fourth-order valence-electron chi connectivity index (χ4n) is 0.760. The van der Waals surface area contributed by atoms with Crippen molar-refractivity contribution in [3.8, 4) is 0 Å². The zero-order chi connectivity index (χ0) is 8.43. The van der Waals surface area contributed by atoms with Gasteiger partial charge in [0.15, 0.2) is 0 Å². The second-order valence-electron chi connectivity index (χ2n) is 2.31. The molecule has 0 bridgehead atoms. The molecule has 1 aromatic heterocycles. The Morgan fingerprint density at radius 2 is 2.18 bits per heavy atom. The number of halogens is 2. The number of aromatic nitrogens is 1. The lowest BCUT2D eigenvalue weighted by atomic mass is 10.2. The molecule has 11 heavy (non-hydrogen) atoms. The van der Waals surface area contributed by atoms with E-state index in [1.807, 2.05) is 13.0 Å². The minimum atomic E-state index is -0.0301. The quantitative estimate of drug-likeness (QED) is 0.858. The number of hydrogen-bond acceptors (Lipinski definition) is 2. The van der Waals surface area contributed by atoms with E-state index in [2.05, 4.69) is 36.8 Å². The first-order valence-electron chi connectivity index (χ1n) is 3.18. The predicted molar refractivity (Wildman–Crippen MR) is 52.2 cm³/mol. The van der Waals surface area contributed by atoms with Crippen LogP contribution in [0.5, 0.6) is 0 Å². The van der Waals surface area contributed by atoms with Crippen molar-refractivity contribution < 1.29 is 0 Å². The molecule has 4 heteroatoms. The Morgan fingerprint density at radius 3 is 2.64 bits per heavy atom. The first-order chi connectivity index (χ1) is 5.11. The van der Waals surface area contributed by atoms with Gasteiger partial charge in [-0.1, -0.05) is 0 Å². The van der Waals surface area contributed by atoms with E-state index in [9.17, 15) is 0 Å². The number of pyridine rings is 1. The Kier molecular flexibility index (Phi) is 3.04. The number of hydrogen-bond donors (Lipinski definition) is 1. The van der Waals surface area contributed by atoms with E-state index in [4.69, 9.17) is 5.73 Å². The SMILES string of the molecule is C[C@@H](N)c1ncc(Br)cc1Br. The van der Waals surface area contributed by atoms with Gasteiger partial charge in [-0.2, -0.15) is 0 Å². The second kappa shape index (κ2) is 3.65. The molecule has 60 valence electrons. The lowest BCUT2D eigenvalue weighted by molar-refractivity contribution is 0.774. The van der Waals surface area contributed by atoms with E-state index in [1.165, 1.54) is 0 Å². The smallest absolute Gasteiger partial charge is 0.0710 e. The summed E-state index contributed by atoms with van der Waals surface area (Å²) in [5, 5.41) is 0. The highest BCUT2D eigenvalue weighted by molar-refractivity contribution is 9.11. The van der Waals surface area contributed by atoms with Crippen molar-refractivity contribution in [2.45, 2.75) is 13.0 Å². The average Bonchev–Trinajstić information content (AvgIpc) is 1.85. The Hall–Kier alpha value is 0.0700. The minimum absolute atomic E-state index is 0.0301. The van der Waals surface area contributed by atoms with Crippen molar-refractivity contribution in [3.63, 3.8) is 0 Å². The van der Waals surface area contributed by atoms with Crippen molar-refractivity contribution in [1.82, 2.24) is 4.98 Å². The van der Waals surface area contributed by atoms with E-state index < -0.39 is 0 Å². The van der Waals surface area contributed by atoms with Crippen LogP contribution in [0.1, 0.15) is 18.7 Å². The summed E-state index contributed by atoms with van der Waals surface area (Å²) in [6, 6.07) is 1.91. The molecule has 0 saturated carbocycles. The molecule has 0 spiro atoms. The van der Waals surface area contributed by atoms with Crippen molar-refractivity contribution >= 4 is 31.9 Å². The van der Waals surface area contributed by atoms with Crippen LogP contribution in [0.25, 0.3) is 0 Å². The van der Waals surface area contributed by atoms with Crippen LogP contribution in [0.15, 0.2) is 21.2 Å². The Labute approximate surface area is 82.5 Å². The van der Waals surface area contributed by atoms with Gasteiger partial charge in [-0.15, -0.1) is 0 Å². The molecule has 1 heterocycles. The molecule has 2 nitrogen and oxygen atoms in total. The maximum absolute atomic E-state index is 5.66. The molecule has 2 N–H and O–H groups in total. The normalized spacial score (nSPS) is 13.1. The minimum Gasteiger partial charge on any atom is -0.323 e. The van der Waals surface area contributed by atoms with E-state index >= 15 is 0 Å². The zero-order valence-corrected chi connectivity index (χ0v) is 9.18. The molecule has 0 aromatic carbocycles. The lowest BCUT2D eigenvalue weighted by Gasteiger charge is -2.06. The number of nitrogens with zero attached hydrogens (tertiary/aromatic N) is 1. The second-order valence-corrected chi connectivity index (χ2v) is 4.08. The van der Waals surface area contributed by atoms with Gasteiger partial charge in [-0.3, -0.25) is 4.98 Å². The van der Waals surface area contributed by atoms with Crippen molar-refractivity contribution in [1.29, 1.82) is 0 Å². The molecule has 1 aromatic rings. The molecule has 0 amide bonds. The van der Waals surface area contributed by atoms with Gasteiger partial charge in [0.2, 0.25) is 0 Å². The van der Waals surface area contributed by atoms with Gasteiger partial charge in [0.25, 0.3) is 0 Å². The summed E-state index contributed by atoms with van der Waals surface area (Å²) in [6.07, 6.45) is 1.74. The zero-order valence-electron chi connectivity index (χ0n) is 6.01. The van der Waals surface area contributed by atoms with Crippen LogP contribution < -0.4 is 5.73 Å². The molecule has 0 radical (unpaired) electrons. The van der Waals surface area contributed by atoms with E-state index in [1.54, 1.807) is 6.20 Å². The van der Waals surface area contributed by atoms with Gasteiger partial charge in [-0.25, -0.2) is 0 Å². The van der Waals surface area contributed by atoms with Crippen LogP contribution in [-0.2, 0) is 0 Å². The molecule has 0 aliphatic rings. The third kappa shape index (κ3) is 2.25. The predicted octanol–water partition coefficient (Wildman–Crippen LogP) is 2.63. The topological polar surface area (TPSA) is 38.9 Å². The third-order valence-corrected chi connectivity index (χ3v) is 2.34. The molecule has 0 saturated heterocycles. The van der Waals surface area contributed by atoms with Crippen LogP contribution in [0.2, 0.25) is 0 Å². The summed E-state index contributed by atoms with van der Waals surface area (Å²) in [5.41, 5.74) is 6.54. The first-order valence-corrected chi connectivity index (χ1v) is 4.76. The largest absolute Gasteiger partial charge is 0.323 e. The van der Waals surface area contributed by atoms with Gasteiger partial charge >= 0.3 is 0 Å². The van der Waals surface area contributed by atoms with E-state index in [0.29, 0.717) is 0 Å². The standard InChI is InChI=1S/C7H8Br2N2/c1-4(10)7-6(9)2-5(8)3-11-7/h2-4H,10H2,1H3/t4-/m1/s1. The van der Waals surface area contributed by atoms with Crippen LogP contribution in [-0.4, -0.2) is 4.98 Å². The maximum atomic E-state index is 5.66. The summed E-state index contributed by atoms with van der Waals surface area (Å²) in [4.78, 5) is 4.16. The Balaban J connectivity index is 3.09. The number of nitrogens with two attached hydrogens (primary N) is 1.